The van der Waals surface area contributed by atoms with Gasteiger partial charge in [-0.3, -0.25) is 4.79 Å². The molecule has 2 unspecified atom stereocenters. The third kappa shape index (κ3) is 5.35. The molecule has 2 saturated carbocycles. The lowest BCUT2D eigenvalue weighted by Gasteiger charge is -2.37. The number of carbonyl (C=O) groups excluding carboxylic acids is 1. The van der Waals surface area contributed by atoms with Crippen molar-refractivity contribution < 1.29 is 30.9 Å². The normalized spacial score (nSPS) is 22.1. The lowest BCUT2D eigenvalue weighted by Crippen LogP contribution is -2.42. The quantitative estimate of drug-likeness (QED) is 0.284. The summed E-state index contributed by atoms with van der Waals surface area (Å²) in [5.41, 5.74) is -1.22. The highest BCUT2D eigenvalue weighted by Crippen LogP contribution is 2.64. The highest BCUT2D eigenvalue weighted by atomic mass is 32.2. The summed E-state index contributed by atoms with van der Waals surface area (Å²) in [6.45, 7) is 3.83. The molecule has 0 amide bonds. The van der Waals surface area contributed by atoms with Crippen LogP contribution in [0.5, 0.6) is 0 Å². The fourth-order valence-corrected chi connectivity index (χ4v) is 9.01. The average molecular weight is 549 g/mol. The van der Waals surface area contributed by atoms with E-state index in [-0.39, 0.29) is 22.0 Å². The molecule has 2 aliphatic carbocycles. The fraction of sp³-hybridized carbons (Fsp3) is 0.321. The number of rotatable bonds is 5. The molecular formula is C28H27F3O4S2. The summed E-state index contributed by atoms with van der Waals surface area (Å²) in [4.78, 5) is 13.3. The van der Waals surface area contributed by atoms with Crippen LogP contribution in [0.4, 0.5) is 13.2 Å². The summed E-state index contributed by atoms with van der Waals surface area (Å²) in [5.74, 6) is -2.93. The SMILES string of the molecule is CC1(C)C2CCC1(CS(=O)(=O)[O-])C(=O)C2.Fc1cc(F)c([S+](c2ccccc2)c2ccccc2)c(F)c1. The number of hydrogen-bond acceptors (Lipinski definition) is 4. The molecule has 5 rings (SSSR count). The largest absolute Gasteiger partial charge is 0.748 e. The zero-order chi connectivity index (χ0) is 27.0. The predicted octanol–water partition coefficient (Wildman–Crippen LogP) is 6.13. The van der Waals surface area contributed by atoms with Crippen molar-refractivity contribution >= 4 is 26.8 Å². The van der Waals surface area contributed by atoms with Crippen molar-refractivity contribution in [3.63, 3.8) is 0 Å². The van der Waals surface area contributed by atoms with Gasteiger partial charge in [-0.15, -0.1) is 0 Å². The van der Waals surface area contributed by atoms with Crippen LogP contribution in [0, 0.1) is 34.2 Å². The van der Waals surface area contributed by atoms with E-state index < -0.39 is 49.6 Å². The van der Waals surface area contributed by atoms with Gasteiger partial charge in [-0.05, 0) is 48.4 Å². The van der Waals surface area contributed by atoms with Crippen molar-refractivity contribution in [3.05, 3.63) is 90.2 Å². The zero-order valence-electron chi connectivity index (χ0n) is 20.4. The number of Topliss-reactive ketones (excluding diaryl/α,β-unsaturated/α-hetero) is 1. The average Bonchev–Trinajstić information content (AvgIpc) is 3.16. The van der Waals surface area contributed by atoms with E-state index in [1.807, 2.05) is 74.5 Å². The zero-order valence-corrected chi connectivity index (χ0v) is 22.1. The molecule has 4 nitrogen and oxygen atoms in total. The molecule has 2 atom stereocenters. The molecule has 0 N–H and O–H groups in total. The number of hydrogen-bond donors (Lipinski definition) is 0. The van der Waals surface area contributed by atoms with E-state index in [2.05, 4.69) is 0 Å². The van der Waals surface area contributed by atoms with Crippen LogP contribution in [-0.4, -0.2) is 24.5 Å². The number of ketones is 1. The van der Waals surface area contributed by atoms with Crippen molar-refractivity contribution in [3.8, 4) is 0 Å². The highest BCUT2D eigenvalue weighted by molar-refractivity contribution is 7.97. The Labute approximate surface area is 218 Å². The number of benzene rings is 3. The van der Waals surface area contributed by atoms with Crippen LogP contribution >= 0.6 is 0 Å². The summed E-state index contributed by atoms with van der Waals surface area (Å²) in [6, 6.07) is 19.7. The standard InChI is InChI=1S/C18H12F3S.C10H16O4S/c19-13-11-16(20)18(17(21)12-13)22(14-7-3-1-4-8-14)15-9-5-2-6-10-15;1-9(2)7-3-4-10(9,8(11)5-7)6-15(12,13)14/h1-12H;7H,3-6H2,1-2H3,(H,12,13,14)/q+1;/p-1. The molecule has 2 bridgehead atoms. The third-order valence-corrected chi connectivity index (χ3v) is 10.8. The first-order valence-corrected chi connectivity index (χ1v) is 14.6. The van der Waals surface area contributed by atoms with Gasteiger partial charge in [-0.2, -0.15) is 0 Å². The molecule has 0 aromatic heterocycles. The van der Waals surface area contributed by atoms with Gasteiger partial charge in [0.05, 0.1) is 15.9 Å². The van der Waals surface area contributed by atoms with Crippen LogP contribution in [0.3, 0.4) is 0 Å². The highest BCUT2D eigenvalue weighted by Gasteiger charge is 2.64. The molecule has 0 spiro atoms. The second kappa shape index (κ2) is 10.3. The fourth-order valence-electron chi connectivity index (χ4n) is 5.62. The Balaban J connectivity index is 0.000000186. The number of halogens is 3. The first-order chi connectivity index (χ1) is 17.4. The minimum Gasteiger partial charge on any atom is -0.748 e. The first-order valence-electron chi connectivity index (χ1n) is 11.8. The Kier molecular flexibility index (Phi) is 7.61. The van der Waals surface area contributed by atoms with Gasteiger partial charge in [0.1, 0.15) is 22.5 Å². The van der Waals surface area contributed by atoms with Gasteiger partial charge in [0.25, 0.3) is 0 Å². The minimum atomic E-state index is -4.33. The number of fused-ring (bicyclic) bond motifs is 2. The Morgan fingerprint density at radius 2 is 1.41 bits per heavy atom. The lowest BCUT2D eigenvalue weighted by molar-refractivity contribution is -0.128. The van der Waals surface area contributed by atoms with Crippen LogP contribution < -0.4 is 0 Å². The van der Waals surface area contributed by atoms with Crippen molar-refractivity contribution in [1.82, 2.24) is 0 Å². The van der Waals surface area contributed by atoms with Gasteiger partial charge in [0, 0.05) is 24.0 Å². The summed E-state index contributed by atoms with van der Waals surface area (Å²) in [5, 5.41) is 0. The van der Waals surface area contributed by atoms with E-state index >= 15 is 0 Å². The van der Waals surface area contributed by atoms with E-state index in [1.54, 1.807) is 0 Å². The maximum atomic E-state index is 14.3. The molecule has 0 heterocycles. The van der Waals surface area contributed by atoms with Crippen molar-refractivity contribution in [2.75, 3.05) is 5.75 Å². The molecule has 0 aliphatic heterocycles. The molecule has 2 aliphatic rings. The molecule has 3 aromatic carbocycles. The van der Waals surface area contributed by atoms with E-state index in [1.165, 1.54) is 0 Å². The Bertz CT molecular complexity index is 1330. The lowest BCUT2D eigenvalue weighted by atomic mass is 9.70. The summed E-state index contributed by atoms with van der Waals surface area (Å²) >= 11 is 0. The molecular weight excluding hydrogens is 521 g/mol. The number of carbonyl (C=O) groups is 1. The van der Waals surface area contributed by atoms with Gasteiger partial charge in [-0.25, -0.2) is 21.6 Å². The van der Waals surface area contributed by atoms with Crippen molar-refractivity contribution in [2.45, 2.75) is 47.8 Å². The van der Waals surface area contributed by atoms with Gasteiger partial charge in [0.15, 0.2) is 21.4 Å². The van der Waals surface area contributed by atoms with Crippen LogP contribution in [-0.2, 0) is 25.8 Å². The van der Waals surface area contributed by atoms with E-state index in [0.29, 0.717) is 12.8 Å². The van der Waals surface area contributed by atoms with Gasteiger partial charge in [0.2, 0.25) is 4.90 Å². The second-order valence-corrected chi connectivity index (χ2v) is 13.4. The van der Waals surface area contributed by atoms with E-state index in [0.717, 1.165) is 28.3 Å². The Morgan fingerprint density at radius 1 is 0.919 bits per heavy atom. The summed E-state index contributed by atoms with van der Waals surface area (Å²) in [6.07, 6.45) is 1.88. The van der Waals surface area contributed by atoms with Gasteiger partial charge >= 0.3 is 0 Å². The minimum absolute atomic E-state index is 0.0248. The molecule has 3 aromatic rings. The molecule has 9 heteroatoms. The Hall–Kier alpha value is -2.62. The molecule has 0 saturated heterocycles. The van der Waals surface area contributed by atoms with Crippen LogP contribution in [0.1, 0.15) is 33.1 Å². The molecule has 196 valence electrons. The smallest absolute Gasteiger partial charge is 0.237 e. The topological polar surface area (TPSA) is 74.3 Å². The van der Waals surface area contributed by atoms with Crippen LogP contribution in [0.25, 0.3) is 0 Å². The van der Waals surface area contributed by atoms with Gasteiger partial charge in [-0.1, -0.05) is 50.2 Å². The maximum absolute atomic E-state index is 14.3. The summed E-state index contributed by atoms with van der Waals surface area (Å²) < 4.78 is 74.4. The molecule has 37 heavy (non-hydrogen) atoms. The predicted molar refractivity (Wildman–Crippen MR) is 134 cm³/mol. The molecule has 2 fully saturated rings. The van der Waals surface area contributed by atoms with E-state index in [4.69, 9.17) is 0 Å². The monoisotopic (exact) mass is 548 g/mol. The maximum Gasteiger partial charge on any atom is 0.237 e. The van der Waals surface area contributed by atoms with Crippen molar-refractivity contribution in [1.29, 1.82) is 0 Å². The molecule has 0 radical (unpaired) electrons. The Morgan fingerprint density at radius 3 is 1.78 bits per heavy atom. The van der Waals surface area contributed by atoms with E-state index in [9.17, 15) is 30.9 Å². The van der Waals surface area contributed by atoms with Crippen molar-refractivity contribution in [2.24, 2.45) is 16.7 Å². The van der Waals surface area contributed by atoms with Gasteiger partial charge < -0.3 is 4.55 Å². The second-order valence-electron chi connectivity index (χ2n) is 10.00. The van der Waals surface area contributed by atoms with Crippen LogP contribution in [0.15, 0.2) is 87.5 Å². The van der Waals surface area contributed by atoms with Crippen LogP contribution in [0.2, 0.25) is 0 Å². The summed E-state index contributed by atoms with van der Waals surface area (Å²) in [7, 11) is -5.29. The third-order valence-electron chi connectivity index (χ3n) is 7.69. The first kappa shape index (κ1) is 27.4.